The normalized spacial score (nSPS) is 15.1. The maximum Gasteiger partial charge on any atom is 0.293 e. The van der Waals surface area contributed by atoms with Gasteiger partial charge in [0.1, 0.15) is 0 Å². The average Bonchev–Trinajstić information content (AvgIpc) is 3.33. The van der Waals surface area contributed by atoms with E-state index in [2.05, 4.69) is 22.8 Å². The predicted octanol–water partition coefficient (Wildman–Crippen LogP) is 7.01. The van der Waals surface area contributed by atoms with E-state index in [-0.39, 0.29) is 11.1 Å². The molecule has 1 aliphatic rings. The van der Waals surface area contributed by atoms with E-state index >= 15 is 0 Å². The van der Waals surface area contributed by atoms with Crippen molar-refractivity contribution < 1.29 is 9.59 Å². The number of hydrogen-bond donors (Lipinski definition) is 0. The Balaban J connectivity index is 1.37. The third-order valence-corrected chi connectivity index (χ3v) is 7.24. The highest BCUT2D eigenvalue weighted by molar-refractivity contribution is 8.18. The number of rotatable bonds is 7. The second-order valence-corrected chi connectivity index (χ2v) is 9.64. The number of benzene rings is 3. The molecular formula is C28H23ClN2O2S. The first-order valence-corrected chi connectivity index (χ1v) is 12.4. The zero-order valence-electron chi connectivity index (χ0n) is 18.5. The molecule has 4 aromatic rings. The summed E-state index contributed by atoms with van der Waals surface area (Å²) in [5.41, 5.74) is 4.19. The molecule has 5 rings (SSSR count). The first-order valence-electron chi connectivity index (χ1n) is 11.2. The van der Waals surface area contributed by atoms with Crippen LogP contribution in [0.15, 0.2) is 90.0 Å². The lowest BCUT2D eigenvalue weighted by atomic mass is 10.1. The number of amides is 2. The van der Waals surface area contributed by atoms with Gasteiger partial charge in [0.15, 0.2) is 0 Å². The highest BCUT2D eigenvalue weighted by Gasteiger charge is 2.34. The van der Waals surface area contributed by atoms with Gasteiger partial charge in [-0.3, -0.25) is 14.5 Å². The van der Waals surface area contributed by atoms with Crippen LogP contribution in [0, 0.1) is 0 Å². The largest absolute Gasteiger partial charge is 0.342 e. The molecule has 4 nitrogen and oxygen atoms in total. The number of thioether (sulfide) groups is 1. The fraction of sp³-hybridized carbons (Fsp3) is 0.143. The van der Waals surface area contributed by atoms with Crippen molar-refractivity contribution >= 4 is 51.5 Å². The maximum atomic E-state index is 13.0. The molecule has 2 heterocycles. The lowest BCUT2D eigenvalue weighted by Crippen LogP contribution is -2.29. The molecule has 0 aliphatic carbocycles. The molecular weight excluding hydrogens is 464 g/mol. The van der Waals surface area contributed by atoms with E-state index in [1.54, 1.807) is 0 Å². The lowest BCUT2D eigenvalue weighted by Gasteiger charge is -2.12. The summed E-state index contributed by atoms with van der Waals surface area (Å²) in [5, 5.41) is 1.55. The summed E-state index contributed by atoms with van der Waals surface area (Å²) in [6.45, 7) is 1.04. The molecule has 0 bridgehead atoms. The van der Waals surface area contributed by atoms with Crippen LogP contribution in [0.4, 0.5) is 4.79 Å². The highest BCUT2D eigenvalue weighted by atomic mass is 35.5. The number of fused-ring (bicyclic) bond motifs is 1. The standard InChI is InChI=1S/C28H23ClN2O2S/c29-24-14-6-4-12-21(24)18-30-19-22(23-13-5-7-15-25(23)30)17-26-27(32)31(28(33)34-26)16-8-11-20-9-2-1-3-10-20/h1-7,9-10,12-15,17,19H,8,11,16,18H2/b26-17+. The Morgan fingerprint density at radius 2 is 1.62 bits per heavy atom. The SMILES string of the molecule is O=C1S/C(=C/c2cn(Cc3ccccc3Cl)c3ccccc23)C(=O)N1CCCc1ccccc1. The van der Waals surface area contributed by atoms with E-state index in [0.29, 0.717) is 18.0 Å². The van der Waals surface area contributed by atoms with Gasteiger partial charge < -0.3 is 4.57 Å². The third-order valence-electron chi connectivity index (χ3n) is 5.97. The van der Waals surface area contributed by atoms with E-state index in [9.17, 15) is 9.59 Å². The molecule has 3 aromatic carbocycles. The molecule has 0 N–H and O–H groups in total. The smallest absolute Gasteiger partial charge is 0.293 e. The van der Waals surface area contributed by atoms with Crippen LogP contribution >= 0.6 is 23.4 Å². The van der Waals surface area contributed by atoms with E-state index in [1.807, 2.05) is 72.9 Å². The number of nitrogens with zero attached hydrogens (tertiary/aromatic N) is 2. The number of halogens is 1. The summed E-state index contributed by atoms with van der Waals surface area (Å²) < 4.78 is 2.13. The van der Waals surface area contributed by atoms with Crippen molar-refractivity contribution in [2.75, 3.05) is 6.54 Å². The zero-order valence-corrected chi connectivity index (χ0v) is 20.1. The van der Waals surface area contributed by atoms with Gasteiger partial charge in [-0.15, -0.1) is 0 Å². The molecule has 2 amide bonds. The van der Waals surface area contributed by atoms with E-state index < -0.39 is 0 Å². The molecule has 1 aliphatic heterocycles. The zero-order chi connectivity index (χ0) is 23.5. The summed E-state index contributed by atoms with van der Waals surface area (Å²) in [6, 6.07) is 26.0. The first kappa shape index (κ1) is 22.5. The molecule has 0 spiro atoms. The van der Waals surface area contributed by atoms with E-state index in [4.69, 9.17) is 11.6 Å². The van der Waals surface area contributed by atoms with Crippen molar-refractivity contribution in [2.45, 2.75) is 19.4 Å². The Morgan fingerprint density at radius 1 is 0.882 bits per heavy atom. The van der Waals surface area contributed by atoms with Crippen molar-refractivity contribution in [3.63, 3.8) is 0 Å². The van der Waals surface area contributed by atoms with Crippen LogP contribution < -0.4 is 0 Å². The number of aromatic nitrogens is 1. The maximum absolute atomic E-state index is 13.0. The van der Waals surface area contributed by atoms with Gasteiger partial charge >= 0.3 is 0 Å². The number of hydrogen-bond acceptors (Lipinski definition) is 3. The monoisotopic (exact) mass is 486 g/mol. The van der Waals surface area contributed by atoms with Gasteiger partial charge in [0, 0.05) is 40.8 Å². The van der Waals surface area contributed by atoms with Crippen molar-refractivity contribution in [1.82, 2.24) is 9.47 Å². The summed E-state index contributed by atoms with van der Waals surface area (Å²) >= 11 is 7.40. The molecule has 1 aromatic heterocycles. The van der Waals surface area contributed by atoms with Gasteiger partial charge in [-0.2, -0.15) is 0 Å². The van der Waals surface area contributed by atoms with Crippen molar-refractivity contribution in [3.8, 4) is 0 Å². The van der Waals surface area contributed by atoms with E-state index in [0.717, 1.165) is 51.7 Å². The van der Waals surface area contributed by atoms with Crippen molar-refractivity contribution in [3.05, 3.63) is 112 Å². The second kappa shape index (κ2) is 9.92. The molecule has 170 valence electrons. The first-order chi connectivity index (χ1) is 16.6. The average molecular weight is 487 g/mol. The molecule has 0 radical (unpaired) electrons. The Kier molecular flexibility index (Phi) is 6.57. The van der Waals surface area contributed by atoms with Gasteiger partial charge in [-0.05, 0) is 53.9 Å². The van der Waals surface area contributed by atoms with Crippen LogP contribution in [-0.2, 0) is 17.8 Å². The number of imide groups is 1. The second-order valence-electron chi connectivity index (χ2n) is 8.24. The van der Waals surface area contributed by atoms with Crippen molar-refractivity contribution in [2.24, 2.45) is 0 Å². The summed E-state index contributed by atoms with van der Waals surface area (Å²) in [6.07, 6.45) is 5.44. The molecule has 0 atom stereocenters. The van der Waals surface area contributed by atoms with Gasteiger partial charge in [0.25, 0.3) is 11.1 Å². The molecule has 1 saturated heterocycles. The summed E-state index contributed by atoms with van der Waals surface area (Å²) in [4.78, 5) is 27.4. The quantitative estimate of drug-likeness (QED) is 0.264. The van der Waals surface area contributed by atoms with Crippen LogP contribution in [0.2, 0.25) is 5.02 Å². The highest BCUT2D eigenvalue weighted by Crippen LogP contribution is 2.34. The lowest BCUT2D eigenvalue weighted by molar-refractivity contribution is -0.122. The van der Waals surface area contributed by atoms with Crippen LogP contribution in [0.3, 0.4) is 0 Å². The van der Waals surface area contributed by atoms with Crippen LogP contribution in [0.1, 0.15) is 23.1 Å². The summed E-state index contributed by atoms with van der Waals surface area (Å²) in [7, 11) is 0. The Bertz CT molecular complexity index is 1390. The fourth-order valence-corrected chi connectivity index (χ4v) is 5.30. The minimum atomic E-state index is -0.217. The minimum absolute atomic E-state index is 0.205. The Labute approximate surface area is 207 Å². The summed E-state index contributed by atoms with van der Waals surface area (Å²) in [5.74, 6) is -0.217. The van der Waals surface area contributed by atoms with Gasteiger partial charge in [-0.1, -0.05) is 78.3 Å². The van der Waals surface area contributed by atoms with E-state index in [1.165, 1.54) is 10.5 Å². The number of para-hydroxylation sites is 1. The van der Waals surface area contributed by atoms with Crippen LogP contribution in [0.5, 0.6) is 0 Å². The Morgan fingerprint density at radius 3 is 2.44 bits per heavy atom. The van der Waals surface area contributed by atoms with Crippen LogP contribution in [0.25, 0.3) is 17.0 Å². The number of carbonyl (C=O) groups is 2. The molecule has 1 fully saturated rings. The van der Waals surface area contributed by atoms with Gasteiger partial charge in [0.2, 0.25) is 0 Å². The fourth-order valence-electron chi connectivity index (χ4n) is 4.25. The molecule has 0 unspecified atom stereocenters. The van der Waals surface area contributed by atoms with Gasteiger partial charge in [-0.25, -0.2) is 0 Å². The van der Waals surface area contributed by atoms with Crippen LogP contribution in [-0.4, -0.2) is 27.2 Å². The number of carbonyl (C=O) groups excluding carboxylic acids is 2. The minimum Gasteiger partial charge on any atom is -0.342 e. The topological polar surface area (TPSA) is 42.3 Å². The number of aryl methyl sites for hydroxylation is 1. The van der Waals surface area contributed by atoms with Crippen molar-refractivity contribution in [1.29, 1.82) is 0 Å². The van der Waals surface area contributed by atoms with Gasteiger partial charge in [0.05, 0.1) is 4.91 Å². The third kappa shape index (κ3) is 4.67. The Hall–Kier alpha value is -3.28. The molecule has 0 saturated carbocycles. The molecule has 34 heavy (non-hydrogen) atoms. The molecule has 6 heteroatoms. The predicted molar refractivity (Wildman–Crippen MR) is 140 cm³/mol.